The van der Waals surface area contributed by atoms with Crippen molar-refractivity contribution in [1.29, 1.82) is 0 Å². The molecular weight excluding hydrogens is 292 g/mol. The molecule has 0 aromatic heterocycles. The van der Waals surface area contributed by atoms with Gasteiger partial charge in [0.05, 0.1) is 28.4 Å². The first-order valence-electron chi connectivity index (χ1n) is 7.48. The van der Waals surface area contributed by atoms with E-state index in [-0.39, 0.29) is 0 Å². The first kappa shape index (κ1) is 17.0. The van der Waals surface area contributed by atoms with Gasteiger partial charge in [0.1, 0.15) is 0 Å². The molecule has 0 heterocycles. The van der Waals surface area contributed by atoms with Crippen LogP contribution in [-0.2, 0) is 6.42 Å². The monoisotopic (exact) mass is 315 g/mol. The molecule has 0 saturated heterocycles. The Bertz CT molecular complexity index is 582. The van der Waals surface area contributed by atoms with Crippen LogP contribution in [0.2, 0.25) is 0 Å². The van der Waals surface area contributed by atoms with Crippen LogP contribution >= 0.6 is 0 Å². The SMILES string of the molecule is COc1ccc([CH]CCc2ccc(OC)c(OC)c2)cc1OC. The third-order valence-corrected chi connectivity index (χ3v) is 3.67. The Morgan fingerprint density at radius 3 is 1.87 bits per heavy atom. The Labute approximate surface area is 137 Å². The summed E-state index contributed by atoms with van der Waals surface area (Å²) in [6.07, 6.45) is 4.03. The molecule has 2 rings (SSSR count). The first-order chi connectivity index (χ1) is 11.2. The lowest BCUT2D eigenvalue weighted by Gasteiger charge is -2.10. The molecule has 0 saturated carbocycles. The minimum atomic E-state index is 0.740. The summed E-state index contributed by atoms with van der Waals surface area (Å²) in [6, 6.07) is 11.9. The normalized spacial score (nSPS) is 10.3. The third kappa shape index (κ3) is 4.31. The largest absolute Gasteiger partial charge is 0.493 e. The van der Waals surface area contributed by atoms with E-state index in [2.05, 4.69) is 12.5 Å². The van der Waals surface area contributed by atoms with Crippen molar-refractivity contribution in [3.05, 3.63) is 53.9 Å². The standard InChI is InChI=1S/C19H23O4/c1-20-16-10-8-14(12-18(16)22-3)6-5-7-15-9-11-17(21-2)19(13-15)23-4/h6,8-13H,5,7H2,1-4H3. The van der Waals surface area contributed by atoms with E-state index in [9.17, 15) is 0 Å². The molecule has 0 amide bonds. The van der Waals surface area contributed by atoms with Gasteiger partial charge in [-0.2, -0.15) is 0 Å². The number of benzene rings is 2. The van der Waals surface area contributed by atoms with Crippen LogP contribution in [0.5, 0.6) is 23.0 Å². The lowest BCUT2D eigenvalue weighted by Crippen LogP contribution is -1.94. The highest BCUT2D eigenvalue weighted by atomic mass is 16.5. The molecule has 0 unspecified atom stereocenters. The zero-order valence-corrected chi connectivity index (χ0v) is 14.1. The number of ether oxygens (including phenoxy) is 4. The molecule has 4 heteroatoms. The fraction of sp³-hybridized carbons (Fsp3) is 0.316. The van der Waals surface area contributed by atoms with Crippen LogP contribution in [0.3, 0.4) is 0 Å². The average Bonchev–Trinajstić information content (AvgIpc) is 2.61. The molecule has 0 spiro atoms. The van der Waals surface area contributed by atoms with Gasteiger partial charge in [-0.3, -0.25) is 0 Å². The van der Waals surface area contributed by atoms with Gasteiger partial charge in [0, 0.05) is 0 Å². The number of hydrogen-bond acceptors (Lipinski definition) is 4. The van der Waals surface area contributed by atoms with Crippen LogP contribution in [0.25, 0.3) is 0 Å². The van der Waals surface area contributed by atoms with E-state index in [4.69, 9.17) is 18.9 Å². The van der Waals surface area contributed by atoms with Crippen LogP contribution < -0.4 is 18.9 Å². The maximum absolute atomic E-state index is 5.33. The lowest BCUT2D eigenvalue weighted by atomic mass is 10.0. The van der Waals surface area contributed by atoms with Gasteiger partial charge in [-0.25, -0.2) is 0 Å². The molecule has 2 aromatic carbocycles. The molecule has 1 radical (unpaired) electrons. The predicted octanol–water partition coefficient (Wildman–Crippen LogP) is 3.91. The quantitative estimate of drug-likeness (QED) is 0.740. The van der Waals surface area contributed by atoms with E-state index in [1.54, 1.807) is 28.4 Å². The van der Waals surface area contributed by atoms with Crippen molar-refractivity contribution in [2.24, 2.45) is 0 Å². The van der Waals surface area contributed by atoms with Crippen LogP contribution in [0.1, 0.15) is 17.5 Å². The number of methoxy groups -OCH3 is 4. The maximum Gasteiger partial charge on any atom is 0.160 e. The lowest BCUT2D eigenvalue weighted by molar-refractivity contribution is 0.354. The molecular formula is C19H23O4. The van der Waals surface area contributed by atoms with Gasteiger partial charge in [0.2, 0.25) is 0 Å². The van der Waals surface area contributed by atoms with E-state index in [0.29, 0.717) is 0 Å². The minimum absolute atomic E-state index is 0.740. The van der Waals surface area contributed by atoms with E-state index < -0.39 is 0 Å². The molecule has 0 aliphatic rings. The Balaban J connectivity index is 1.97. The Kier molecular flexibility index (Phi) is 6.15. The molecule has 123 valence electrons. The molecule has 23 heavy (non-hydrogen) atoms. The van der Waals surface area contributed by atoms with Gasteiger partial charge in [-0.15, -0.1) is 0 Å². The molecule has 4 nitrogen and oxygen atoms in total. The molecule has 0 atom stereocenters. The van der Waals surface area contributed by atoms with Gasteiger partial charge < -0.3 is 18.9 Å². The number of rotatable bonds is 8. The van der Waals surface area contributed by atoms with Crippen LogP contribution in [-0.4, -0.2) is 28.4 Å². The molecule has 0 N–H and O–H groups in total. The average molecular weight is 315 g/mol. The Morgan fingerprint density at radius 1 is 0.696 bits per heavy atom. The predicted molar refractivity (Wildman–Crippen MR) is 90.8 cm³/mol. The summed E-state index contributed by atoms with van der Waals surface area (Å²) in [5, 5.41) is 0. The van der Waals surface area contributed by atoms with Gasteiger partial charge in [0.15, 0.2) is 23.0 Å². The zero-order chi connectivity index (χ0) is 16.7. The third-order valence-electron chi connectivity index (χ3n) is 3.67. The Morgan fingerprint density at radius 2 is 1.26 bits per heavy atom. The van der Waals surface area contributed by atoms with Crippen molar-refractivity contribution in [2.45, 2.75) is 12.8 Å². The van der Waals surface area contributed by atoms with E-state index in [1.165, 1.54) is 5.56 Å². The van der Waals surface area contributed by atoms with Crippen molar-refractivity contribution in [1.82, 2.24) is 0 Å². The van der Waals surface area contributed by atoms with E-state index >= 15 is 0 Å². The fourth-order valence-electron chi connectivity index (χ4n) is 2.42. The number of hydrogen-bond donors (Lipinski definition) is 0. The van der Waals surface area contributed by atoms with Crippen molar-refractivity contribution < 1.29 is 18.9 Å². The summed E-state index contributed by atoms with van der Waals surface area (Å²) >= 11 is 0. The summed E-state index contributed by atoms with van der Waals surface area (Å²) in [7, 11) is 6.57. The fourth-order valence-corrected chi connectivity index (χ4v) is 2.42. The second kappa shape index (κ2) is 8.32. The second-order valence-corrected chi connectivity index (χ2v) is 5.05. The first-order valence-corrected chi connectivity index (χ1v) is 7.48. The van der Waals surface area contributed by atoms with E-state index in [1.807, 2.05) is 30.3 Å². The van der Waals surface area contributed by atoms with Crippen LogP contribution in [0.4, 0.5) is 0 Å². The van der Waals surface area contributed by atoms with Crippen LogP contribution in [0, 0.1) is 6.42 Å². The van der Waals surface area contributed by atoms with Crippen molar-refractivity contribution in [2.75, 3.05) is 28.4 Å². The molecule has 0 aliphatic heterocycles. The van der Waals surface area contributed by atoms with E-state index in [0.717, 1.165) is 41.4 Å². The minimum Gasteiger partial charge on any atom is -0.493 e. The van der Waals surface area contributed by atoms with Crippen LogP contribution in [0.15, 0.2) is 36.4 Å². The maximum atomic E-state index is 5.33. The zero-order valence-electron chi connectivity index (χ0n) is 14.1. The number of aryl methyl sites for hydroxylation is 1. The highest BCUT2D eigenvalue weighted by Gasteiger charge is 2.07. The van der Waals surface area contributed by atoms with Gasteiger partial charge >= 0.3 is 0 Å². The van der Waals surface area contributed by atoms with Gasteiger partial charge in [-0.1, -0.05) is 12.1 Å². The summed E-state index contributed by atoms with van der Waals surface area (Å²) in [5.41, 5.74) is 2.32. The van der Waals surface area contributed by atoms with Gasteiger partial charge in [0.25, 0.3) is 0 Å². The second-order valence-electron chi connectivity index (χ2n) is 5.05. The Hall–Kier alpha value is -2.36. The van der Waals surface area contributed by atoms with Crippen molar-refractivity contribution in [3.63, 3.8) is 0 Å². The summed E-state index contributed by atoms with van der Waals surface area (Å²) in [6.45, 7) is 0. The summed E-state index contributed by atoms with van der Waals surface area (Å²) in [5.74, 6) is 2.99. The summed E-state index contributed by atoms with van der Waals surface area (Å²) in [4.78, 5) is 0. The highest BCUT2D eigenvalue weighted by molar-refractivity contribution is 5.45. The topological polar surface area (TPSA) is 36.9 Å². The molecule has 0 bridgehead atoms. The van der Waals surface area contributed by atoms with Crippen molar-refractivity contribution >= 4 is 0 Å². The van der Waals surface area contributed by atoms with Gasteiger partial charge in [-0.05, 0) is 54.7 Å². The molecule has 0 fully saturated rings. The smallest absolute Gasteiger partial charge is 0.160 e. The summed E-state index contributed by atoms with van der Waals surface area (Å²) < 4.78 is 21.2. The highest BCUT2D eigenvalue weighted by Crippen LogP contribution is 2.30. The molecule has 0 aliphatic carbocycles. The molecule has 2 aromatic rings. The van der Waals surface area contributed by atoms with Crippen molar-refractivity contribution in [3.8, 4) is 23.0 Å².